The van der Waals surface area contributed by atoms with E-state index in [1.54, 1.807) is 18.2 Å². The standard InChI is InChI=1S/C15H16N4O5S2/c1-26(21,22)19-6-2-3-10(19)14-17-18-15(25-14)13(20)16-9-4-5-11-12(7-9)24-8-23-11/h4-5,7,10H,2-3,6,8H2,1H3,(H,16,20). The lowest BCUT2D eigenvalue weighted by molar-refractivity contribution is 0.102. The SMILES string of the molecule is CS(=O)(=O)N1CCCC1c1nnc(C(=O)Nc2ccc3c(c2)OCO3)s1. The second-order valence-corrected chi connectivity index (χ2v) is 8.94. The molecule has 2 aliphatic heterocycles. The molecule has 0 aliphatic carbocycles. The number of amides is 1. The summed E-state index contributed by atoms with van der Waals surface area (Å²) in [5.41, 5.74) is 0.551. The number of ether oxygens (including phenoxy) is 2. The topological polar surface area (TPSA) is 111 Å². The molecule has 0 spiro atoms. The molecule has 1 unspecified atom stereocenters. The third-order valence-electron chi connectivity index (χ3n) is 4.18. The number of aromatic nitrogens is 2. The van der Waals surface area contributed by atoms with E-state index in [1.807, 2.05) is 0 Å². The molecule has 2 aromatic rings. The zero-order valence-electron chi connectivity index (χ0n) is 13.8. The van der Waals surface area contributed by atoms with Crippen molar-refractivity contribution < 1.29 is 22.7 Å². The van der Waals surface area contributed by atoms with E-state index in [-0.39, 0.29) is 17.8 Å². The van der Waals surface area contributed by atoms with Gasteiger partial charge >= 0.3 is 0 Å². The van der Waals surface area contributed by atoms with E-state index in [4.69, 9.17) is 9.47 Å². The van der Waals surface area contributed by atoms with E-state index in [9.17, 15) is 13.2 Å². The third-order valence-corrected chi connectivity index (χ3v) is 6.49. The summed E-state index contributed by atoms with van der Waals surface area (Å²) in [7, 11) is -3.32. The van der Waals surface area contributed by atoms with Crippen molar-refractivity contribution in [3.63, 3.8) is 0 Å². The molecule has 11 heteroatoms. The van der Waals surface area contributed by atoms with Crippen LogP contribution < -0.4 is 14.8 Å². The van der Waals surface area contributed by atoms with Gasteiger partial charge in [-0.1, -0.05) is 11.3 Å². The van der Waals surface area contributed by atoms with Crippen molar-refractivity contribution in [1.29, 1.82) is 0 Å². The summed E-state index contributed by atoms with van der Waals surface area (Å²) in [5, 5.41) is 11.4. The monoisotopic (exact) mass is 396 g/mol. The Hall–Kier alpha value is -2.24. The van der Waals surface area contributed by atoms with Gasteiger partial charge in [-0.15, -0.1) is 10.2 Å². The minimum absolute atomic E-state index is 0.157. The Morgan fingerprint density at radius 2 is 2.12 bits per heavy atom. The molecule has 1 aromatic heterocycles. The number of fused-ring (bicyclic) bond motifs is 1. The second kappa shape index (κ2) is 6.49. The van der Waals surface area contributed by atoms with E-state index in [1.165, 1.54) is 10.6 Å². The molecule has 9 nitrogen and oxygen atoms in total. The third kappa shape index (κ3) is 3.24. The Morgan fingerprint density at radius 1 is 1.31 bits per heavy atom. The maximum absolute atomic E-state index is 12.4. The second-order valence-electron chi connectivity index (χ2n) is 6.00. The summed E-state index contributed by atoms with van der Waals surface area (Å²) in [5.74, 6) is 0.787. The van der Waals surface area contributed by atoms with Gasteiger partial charge in [0.25, 0.3) is 5.91 Å². The Morgan fingerprint density at radius 3 is 2.92 bits per heavy atom. The average molecular weight is 396 g/mol. The van der Waals surface area contributed by atoms with Gasteiger partial charge in [0.2, 0.25) is 21.8 Å². The molecule has 1 aromatic carbocycles. The molecule has 1 fully saturated rings. The van der Waals surface area contributed by atoms with Crippen LogP contribution in [0, 0.1) is 0 Å². The van der Waals surface area contributed by atoms with Crippen molar-refractivity contribution in [2.24, 2.45) is 0 Å². The van der Waals surface area contributed by atoms with Crippen molar-refractivity contribution >= 4 is 33.0 Å². The summed E-state index contributed by atoms with van der Waals surface area (Å²) in [6, 6.07) is 4.74. The van der Waals surface area contributed by atoms with E-state index < -0.39 is 15.9 Å². The highest BCUT2D eigenvalue weighted by molar-refractivity contribution is 7.88. The quantitative estimate of drug-likeness (QED) is 0.836. The Labute approximate surface area is 154 Å². The first-order chi connectivity index (χ1) is 12.4. The number of hydrogen-bond acceptors (Lipinski definition) is 8. The number of nitrogens with zero attached hydrogens (tertiary/aromatic N) is 3. The van der Waals surface area contributed by atoms with Crippen LogP contribution >= 0.6 is 11.3 Å². The smallest absolute Gasteiger partial charge is 0.286 e. The lowest BCUT2D eigenvalue weighted by atomic mass is 10.2. The molecule has 2 aliphatic rings. The first-order valence-electron chi connectivity index (χ1n) is 7.93. The molecule has 4 rings (SSSR count). The van der Waals surface area contributed by atoms with Gasteiger partial charge in [0.1, 0.15) is 5.01 Å². The van der Waals surface area contributed by atoms with Crippen molar-refractivity contribution in [2.45, 2.75) is 18.9 Å². The lowest BCUT2D eigenvalue weighted by Crippen LogP contribution is -2.29. The van der Waals surface area contributed by atoms with Gasteiger partial charge < -0.3 is 14.8 Å². The molecule has 138 valence electrons. The highest BCUT2D eigenvalue weighted by Crippen LogP contribution is 2.36. The molecular weight excluding hydrogens is 380 g/mol. The molecule has 1 saturated heterocycles. The predicted octanol–water partition coefficient (Wildman–Crippen LogP) is 1.62. The number of benzene rings is 1. The number of nitrogens with one attached hydrogen (secondary N) is 1. The molecule has 0 saturated carbocycles. The normalized spacial score (nSPS) is 19.7. The number of sulfonamides is 1. The van der Waals surface area contributed by atoms with Crippen LogP contribution in [0.5, 0.6) is 11.5 Å². The van der Waals surface area contributed by atoms with Crippen LogP contribution in [0.2, 0.25) is 0 Å². The van der Waals surface area contributed by atoms with Crippen molar-refractivity contribution in [2.75, 3.05) is 24.9 Å². The zero-order chi connectivity index (χ0) is 18.3. The van der Waals surface area contributed by atoms with Crippen molar-refractivity contribution in [3.8, 4) is 11.5 Å². The van der Waals surface area contributed by atoms with Crippen LogP contribution in [0.15, 0.2) is 18.2 Å². The van der Waals surface area contributed by atoms with Crippen LogP contribution in [0.1, 0.15) is 33.7 Å². The highest BCUT2D eigenvalue weighted by atomic mass is 32.2. The Kier molecular flexibility index (Phi) is 4.29. The van der Waals surface area contributed by atoms with Crippen molar-refractivity contribution in [1.82, 2.24) is 14.5 Å². The molecule has 0 radical (unpaired) electrons. The van der Waals surface area contributed by atoms with Crippen LogP contribution in [-0.4, -0.2) is 48.4 Å². The Bertz CT molecular complexity index is 959. The summed E-state index contributed by atoms with van der Waals surface area (Å²) in [4.78, 5) is 12.4. The maximum atomic E-state index is 12.4. The van der Waals surface area contributed by atoms with E-state index >= 15 is 0 Å². The van der Waals surface area contributed by atoms with Crippen molar-refractivity contribution in [3.05, 3.63) is 28.2 Å². The van der Waals surface area contributed by atoms with Gasteiger partial charge in [0, 0.05) is 18.3 Å². The lowest BCUT2D eigenvalue weighted by Gasteiger charge is -2.19. The van der Waals surface area contributed by atoms with Gasteiger partial charge in [0.15, 0.2) is 11.5 Å². The first kappa shape index (κ1) is 17.2. The minimum atomic E-state index is -3.32. The van der Waals surface area contributed by atoms with Crippen LogP contribution in [0.3, 0.4) is 0 Å². The van der Waals surface area contributed by atoms with Gasteiger partial charge in [0.05, 0.1) is 12.3 Å². The Balaban J connectivity index is 1.50. The fourth-order valence-corrected chi connectivity index (χ4v) is 5.08. The molecule has 1 amide bonds. The van der Waals surface area contributed by atoms with Crippen LogP contribution in [0.4, 0.5) is 5.69 Å². The molecule has 1 N–H and O–H groups in total. The van der Waals surface area contributed by atoms with Crippen LogP contribution in [0.25, 0.3) is 0 Å². The summed E-state index contributed by atoms with van der Waals surface area (Å²) < 4.78 is 35.7. The van der Waals surface area contributed by atoms with E-state index in [0.717, 1.165) is 17.8 Å². The van der Waals surface area contributed by atoms with E-state index in [2.05, 4.69) is 15.5 Å². The molecule has 1 atom stereocenters. The first-order valence-corrected chi connectivity index (χ1v) is 10.6. The number of rotatable bonds is 4. The highest BCUT2D eigenvalue weighted by Gasteiger charge is 2.35. The molecule has 0 bridgehead atoms. The molecule has 3 heterocycles. The zero-order valence-corrected chi connectivity index (χ0v) is 15.5. The number of carbonyl (C=O) groups excluding carboxylic acids is 1. The molecule has 26 heavy (non-hydrogen) atoms. The summed E-state index contributed by atoms with van der Waals surface area (Å²) in [6.45, 7) is 0.618. The van der Waals surface area contributed by atoms with Gasteiger partial charge in [-0.05, 0) is 25.0 Å². The van der Waals surface area contributed by atoms with E-state index in [0.29, 0.717) is 35.2 Å². The largest absolute Gasteiger partial charge is 0.454 e. The van der Waals surface area contributed by atoms with Crippen LogP contribution in [-0.2, 0) is 10.0 Å². The predicted molar refractivity (Wildman–Crippen MR) is 94.0 cm³/mol. The average Bonchev–Trinajstić information content (AvgIpc) is 3.32. The number of carbonyl (C=O) groups is 1. The van der Waals surface area contributed by atoms with Gasteiger partial charge in [-0.2, -0.15) is 4.31 Å². The number of anilines is 1. The molecular formula is C15H16N4O5S2. The van der Waals surface area contributed by atoms with Gasteiger partial charge in [-0.3, -0.25) is 4.79 Å². The fraction of sp³-hybridized carbons (Fsp3) is 0.400. The maximum Gasteiger partial charge on any atom is 0.286 e. The summed E-state index contributed by atoms with van der Waals surface area (Å²) in [6.07, 6.45) is 2.61. The van der Waals surface area contributed by atoms with Gasteiger partial charge in [-0.25, -0.2) is 8.42 Å². The summed E-state index contributed by atoms with van der Waals surface area (Å²) >= 11 is 1.11. The fourth-order valence-electron chi connectivity index (χ4n) is 3.00. The number of hydrogen-bond donors (Lipinski definition) is 1. The minimum Gasteiger partial charge on any atom is -0.454 e.